The second-order valence-corrected chi connectivity index (χ2v) is 7.97. The molecule has 24 heavy (non-hydrogen) atoms. The van der Waals surface area contributed by atoms with E-state index in [2.05, 4.69) is 27.3 Å². The average Bonchev–Trinajstić information content (AvgIpc) is 2.52. The summed E-state index contributed by atoms with van der Waals surface area (Å²) in [5.41, 5.74) is 1.42. The Morgan fingerprint density at radius 1 is 1.00 bits per heavy atom. The molecule has 5 nitrogen and oxygen atoms in total. The summed E-state index contributed by atoms with van der Waals surface area (Å²) in [6.45, 7) is 6.47. The van der Waals surface area contributed by atoms with Gasteiger partial charge >= 0.3 is 0 Å². The third-order valence-corrected chi connectivity index (χ3v) is 5.29. The standard InChI is InChI=1S/C17H20INO4S/c1-4-22-16-9-7-14(11-17(16)23-5-2)24(20,21)19-15-8-6-13(18)10-12(15)3/h6-11,19H,4-5H2,1-3H3. The lowest BCUT2D eigenvalue weighted by atomic mass is 10.2. The zero-order valence-corrected chi connectivity index (χ0v) is 16.8. The zero-order valence-electron chi connectivity index (χ0n) is 13.8. The zero-order chi connectivity index (χ0) is 17.7. The molecule has 2 aromatic carbocycles. The van der Waals surface area contributed by atoms with Gasteiger partial charge in [0.25, 0.3) is 10.0 Å². The highest BCUT2D eigenvalue weighted by molar-refractivity contribution is 14.1. The van der Waals surface area contributed by atoms with E-state index in [4.69, 9.17) is 9.47 Å². The van der Waals surface area contributed by atoms with E-state index in [9.17, 15) is 8.42 Å². The molecule has 130 valence electrons. The number of rotatable bonds is 7. The van der Waals surface area contributed by atoms with Crippen LogP contribution < -0.4 is 14.2 Å². The van der Waals surface area contributed by atoms with Gasteiger partial charge in [-0.05, 0) is 79.3 Å². The summed E-state index contributed by atoms with van der Waals surface area (Å²) in [6.07, 6.45) is 0. The molecule has 0 radical (unpaired) electrons. The summed E-state index contributed by atoms with van der Waals surface area (Å²) in [5.74, 6) is 0.949. The van der Waals surface area contributed by atoms with Crippen LogP contribution in [0, 0.1) is 10.5 Å². The van der Waals surface area contributed by atoms with Gasteiger partial charge in [0.2, 0.25) is 0 Å². The van der Waals surface area contributed by atoms with E-state index in [1.807, 2.05) is 32.9 Å². The van der Waals surface area contributed by atoms with Crippen LogP contribution in [-0.2, 0) is 10.0 Å². The molecular weight excluding hydrogens is 441 g/mol. The predicted octanol–water partition coefficient (Wildman–Crippen LogP) is 4.20. The molecule has 1 N–H and O–H groups in total. The second-order valence-electron chi connectivity index (χ2n) is 5.04. The molecule has 0 unspecified atom stereocenters. The molecule has 7 heteroatoms. The smallest absolute Gasteiger partial charge is 0.262 e. The number of aryl methyl sites for hydroxylation is 1. The summed E-state index contributed by atoms with van der Waals surface area (Å²) >= 11 is 2.19. The van der Waals surface area contributed by atoms with E-state index in [1.165, 1.54) is 12.1 Å². The number of sulfonamides is 1. The molecule has 0 fully saturated rings. The van der Waals surface area contributed by atoms with Gasteiger partial charge in [-0.15, -0.1) is 0 Å². The van der Waals surface area contributed by atoms with Crippen LogP contribution in [0.5, 0.6) is 11.5 Å². The van der Waals surface area contributed by atoms with Gasteiger partial charge in [-0.1, -0.05) is 0 Å². The third-order valence-electron chi connectivity index (χ3n) is 3.26. The number of nitrogens with one attached hydrogen (secondary N) is 1. The second kappa shape index (κ2) is 8.06. The summed E-state index contributed by atoms with van der Waals surface area (Å²) in [4.78, 5) is 0.132. The fourth-order valence-electron chi connectivity index (χ4n) is 2.14. The first kappa shape index (κ1) is 18.9. The van der Waals surface area contributed by atoms with Gasteiger partial charge in [-0.25, -0.2) is 8.42 Å². The fourth-order valence-corrected chi connectivity index (χ4v) is 3.94. The molecule has 0 aliphatic carbocycles. The number of hydrogen-bond acceptors (Lipinski definition) is 4. The molecule has 0 aliphatic heterocycles. The van der Waals surface area contributed by atoms with E-state index >= 15 is 0 Å². The molecule has 2 rings (SSSR count). The van der Waals surface area contributed by atoms with Crippen molar-refractivity contribution in [3.8, 4) is 11.5 Å². The molecule has 0 heterocycles. The van der Waals surface area contributed by atoms with Gasteiger partial charge in [0, 0.05) is 9.64 Å². The Bertz CT molecular complexity index is 821. The topological polar surface area (TPSA) is 64.6 Å². The number of halogens is 1. The van der Waals surface area contributed by atoms with Crippen LogP contribution in [0.25, 0.3) is 0 Å². The van der Waals surface area contributed by atoms with Crippen molar-refractivity contribution in [2.75, 3.05) is 17.9 Å². The van der Waals surface area contributed by atoms with Gasteiger partial charge in [-0.2, -0.15) is 0 Å². The van der Waals surface area contributed by atoms with Crippen molar-refractivity contribution in [2.45, 2.75) is 25.7 Å². The highest BCUT2D eigenvalue weighted by atomic mass is 127. The van der Waals surface area contributed by atoms with E-state index < -0.39 is 10.0 Å². The van der Waals surface area contributed by atoms with E-state index in [0.717, 1.165) is 9.13 Å². The Hall–Kier alpha value is -1.48. The van der Waals surface area contributed by atoms with Crippen LogP contribution in [-0.4, -0.2) is 21.6 Å². The molecule has 0 atom stereocenters. The maximum atomic E-state index is 12.7. The predicted molar refractivity (Wildman–Crippen MR) is 103 cm³/mol. The van der Waals surface area contributed by atoms with Crippen LogP contribution >= 0.6 is 22.6 Å². The first-order valence-electron chi connectivity index (χ1n) is 7.56. The molecule has 0 spiro atoms. The first-order chi connectivity index (χ1) is 11.4. The SMILES string of the molecule is CCOc1ccc(S(=O)(=O)Nc2ccc(I)cc2C)cc1OCC. The van der Waals surface area contributed by atoms with Gasteiger partial charge in [-0.3, -0.25) is 4.72 Å². The summed E-state index contributed by atoms with van der Waals surface area (Å²) in [7, 11) is -3.71. The van der Waals surface area contributed by atoms with Crippen molar-refractivity contribution in [1.29, 1.82) is 0 Å². The van der Waals surface area contributed by atoms with Crippen molar-refractivity contribution in [3.05, 3.63) is 45.5 Å². The fraction of sp³-hybridized carbons (Fsp3) is 0.294. The summed E-state index contributed by atoms with van der Waals surface area (Å²) in [5, 5.41) is 0. The quantitative estimate of drug-likeness (QED) is 0.628. The normalized spacial score (nSPS) is 11.2. The van der Waals surface area contributed by atoms with Crippen LogP contribution in [0.15, 0.2) is 41.3 Å². The number of ether oxygens (including phenoxy) is 2. The first-order valence-corrected chi connectivity index (χ1v) is 10.1. The van der Waals surface area contributed by atoms with Crippen LogP contribution in [0.2, 0.25) is 0 Å². The van der Waals surface area contributed by atoms with Crippen LogP contribution in [0.4, 0.5) is 5.69 Å². The third kappa shape index (κ3) is 4.54. The summed E-state index contributed by atoms with van der Waals surface area (Å²) in [6, 6.07) is 10.1. The Morgan fingerprint density at radius 3 is 2.29 bits per heavy atom. The number of hydrogen-bond donors (Lipinski definition) is 1. The Balaban J connectivity index is 2.36. The monoisotopic (exact) mass is 461 g/mol. The minimum atomic E-state index is -3.71. The van der Waals surface area contributed by atoms with E-state index in [1.54, 1.807) is 12.1 Å². The van der Waals surface area contributed by atoms with Gasteiger partial charge in [0.15, 0.2) is 11.5 Å². The molecule has 2 aromatic rings. The highest BCUT2D eigenvalue weighted by Gasteiger charge is 2.18. The van der Waals surface area contributed by atoms with Crippen LogP contribution in [0.1, 0.15) is 19.4 Å². The Labute approximate surface area is 156 Å². The Morgan fingerprint density at radius 2 is 1.67 bits per heavy atom. The Kier molecular flexibility index (Phi) is 6.34. The van der Waals surface area contributed by atoms with Crippen molar-refractivity contribution in [1.82, 2.24) is 0 Å². The molecule has 0 amide bonds. The van der Waals surface area contributed by atoms with Crippen molar-refractivity contribution in [3.63, 3.8) is 0 Å². The van der Waals surface area contributed by atoms with Crippen molar-refractivity contribution in [2.24, 2.45) is 0 Å². The lowest BCUT2D eigenvalue weighted by Crippen LogP contribution is -2.14. The van der Waals surface area contributed by atoms with E-state index in [-0.39, 0.29) is 4.90 Å². The largest absolute Gasteiger partial charge is 0.490 e. The van der Waals surface area contributed by atoms with Gasteiger partial charge < -0.3 is 9.47 Å². The van der Waals surface area contributed by atoms with Gasteiger partial charge in [0.05, 0.1) is 23.8 Å². The molecule has 0 aliphatic rings. The highest BCUT2D eigenvalue weighted by Crippen LogP contribution is 2.31. The maximum absolute atomic E-state index is 12.7. The van der Waals surface area contributed by atoms with Crippen molar-refractivity contribution >= 4 is 38.3 Å². The minimum absolute atomic E-state index is 0.132. The maximum Gasteiger partial charge on any atom is 0.262 e. The van der Waals surface area contributed by atoms with E-state index in [0.29, 0.717) is 30.4 Å². The molecule has 0 aromatic heterocycles. The van der Waals surface area contributed by atoms with Crippen molar-refractivity contribution < 1.29 is 17.9 Å². The molecule has 0 bridgehead atoms. The minimum Gasteiger partial charge on any atom is -0.490 e. The summed E-state index contributed by atoms with van der Waals surface area (Å²) < 4.78 is 39.9. The molecule has 0 saturated heterocycles. The van der Waals surface area contributed by atoms with Crippen LogP contribution in [0.3, 0.4) is 0 Å². The lowest BCUT2D eigenvalue weighted by molar-refractivity contribution is 0.287. The number of benzene rings is 2. The molecular formula is C17H20INO4S. The average molecular weight is 461 g/mol. The lowest BCUT2D eigenvalue weighted by Gasteiger charge is -2.14. The van der Waals surface area contributed by atoms with Gasteiger partial charge in [0.1, 0.15) is 0 Å². The molecule has 0 saturated carbocycles. The number of anilines is 1.